The monoisotopic (exact) mass is 299 g/mol. The third-order valence-electron chi connectivity index (χ3n) is 2.58. The van der Waals surface area contributed by atoms with Crippen LogP contribution in [-0.2, 0) is 0 Å². The van der Waals surface area contributed by atoms with Gasteiger partial charge in [-0.25, -0.2) is 0 Å². The van der Waals surface area contributed by atoms with Crippen molar-refractivity contribution >= 4 is 37.2 Å². The number of nitrogens with one attached hydrogen (secondary N) is 1. The Morgan fingerprint density at radius 2 is 1.40 bits per heavy atom. The van der Waals surface area contributed by atoms with Crippen LogP contribution in [0, 0.1) is 11.8 Å². The topological polar surface area (TPSA) is 29.1 Å². The molecule has 2 nitrogen and oxygen atoms in total. The molecule has 0 unspecified atom stereocenters. The number of carbonyl (C=O) groups is 1. The summed E-state index contributed by atoms with van der Waals surface area (Å²) in [5, 5.41) is 3.07. The molecule has 100 valence electrons. The van der Waals surface area contributed by atoms with Crippen LogP contribution < -0.4 is 5.32 Å². The molecule has 0 aliphatic heterocycles. The van der Waals surface area contributed by atoms with Crippen LogP contribution in [0.15, 0.2) is 48.5 Å². The molecule has 0 atom stereocenters. The molecule has 0 fully saturated rings. The van der Waals surface area contributed by atoms with E-state index in [-0.39, 0.29) is 4.71 Å². The molecule has 0 amide bonds. The number of aldehydes is 1. The molecule has 0 spiro atoms. The molecular weight excluding hydrogens is 286 g/mol. The molecule has 0 heterocycles. The second-order valence-electron chi connectivity index (χ2n) is 4.09. The minimum Gasteiger partial charge on any atom is -0.365 e. The van der Waals surface area contributed by atoms with Crippen LogP contribution in [0.2, 0.25) is 0 Å². The van der Waals surface area contributed by atoms with Gasteiger partial charge in [0.05, 0.1) is 0 Å². The summed E-state index contributed by atoms with van der Waals surface area (Å²) in [4.78, 5) is 10.6. The van der Waals surface area contributed by atoms with E-state index in [4.69, 9.17) is 0 Å². The minimum absolute atomic E-state index is 0.191. The highest BCUT2D eigenvalue weighted by Gasteiger charge is 1.95. The lowest BCUT2D eigenvalue weighted by molar-refractivity contribution is 0.112. The molecule has 0 bridgehead atoms. The van der Waals surface area contributed by atoms with E-state index in [2.05, 4.69) is 42.4 Å². The Morgan fingerprint density at radius 3 is 1.85 bits per heavy atom. The van der Waals surface area contributed by atoms with Crippen molar-refractivity contribution in [1.29, 1.82) is 0 Å². The zero-order valence-electron chi connectivity index (χ0n) is 10.6. The smallest absolute Gasteiger partial charge is 0.150 e. The van der Waals surface area contributed by atoms with Gasteiger partial charge in [-0.1, -0.05) is 24.0 Å². The predicted octanol–water partition coefficient (Wildman–Crippen LogP) is 3.45. The summed E-state index contributed by atoms with van der Waals surface area (Å²) in [5.41, 5.74) is 3.40. The van der Waals surface area contributed by atoms with Gasteiger partial charge in [-0.05, 0) is 36.4 Å². The highest BCUT2D eigenvalue weighted by Crippen LogP contribution is 2.12. The first-order valence-electron chi connectivity index (χ1n) is 5.97. The summed E-state index contributed by atoms with van der Waals surface area (Å²) in [6.07, 6.45) is 0.819. The van der Waals surface area contributed by atoms with E-state index in [9.17, 15) is 4.79 Å². The van der Waals surface area contributed by atoms with Crippen molar-refractivity contribution in [2.45, 2.75) is 4.71 Å². The van der Waals surface area contributed by atoms with Crippen LogP contribution in [0.1, 0.15) is 21.5 Å². The molecular formula is C16H13NOS2. The maximum absolute atomic E-state index is 10.6. The van der Waals surface area contributed by atoms with Crippen LogP contribution >= 0.6 is 25.3 Å². The first kappa shape index (κ1) is 14.6. The third-order valence-corrected chi connectivity index (χ3v) is 2.84. The van der Waals surface area contributed by atoms with Crippen molar-refractivity contribution in [1.82, 2.24) is 0 Å². The Bertz CT molecular complexity index is 637. The molecule has 4 heteroatoms. The summed E-state index contributed by atoms with van der Waals surface area (Å²) in [7, 11) is 0. The Kier molecular flexibility index (Phi) is 5.16. The molecule has 1 N–H and O–H groups in total. The number of hydrogen-bond acceptors (Lipinski definition) is 4. The SMILES string of the molecule is O=Cc1ccc(C#Cc2ccc(NC(S)S)cc2)cc1. The molecule has 2 aromatic rings. The molecule has 2 rings (SSSR count). The zero-order valence-corrected chi connectivity index (χ0v) is 12.4. The van der Waals surface area contributed by atoms with Crippen LogP contribution in [0.5, 0.6) is 0 Å². The van der Waals surface area contributed by atoms with Crippen molar-refractivity contribution in [2.75, 3.05) is 5.32 Å². The van der Waals surface area contributed by atoms with Gasteiger partial charge in [0.2, 0.25) is 0 Å². The summed E-state index contributed by atoms with van der Waals surface area (Å²) in [5.74, 6) is 6.13. The first-order valence-corrected chi connectivity index (χ1v) is 7.00. The van der Waals surface area contributed by atoms with Crippen LogP contribution in [0.4, 0.5) is 5.69 Å². The van der Waals surface area contributed by atoms with Gasteiger partial charge in [0.1, 0.15) is 11.0 Å². The van der Waals surface area contributed by atoms with Crippen molar-refractivity contribution in [2.24, 2.45) is 0 Å². The van der Waals surface area contributed by atoms with E-state index in [1.807, 2.05) is 36.4 Å². The van der Waals surface area contributed by atoms with E-state index >= 15 is 0 Å². The average Bonchev–Trinajstić information content (AvgIpc) is 2.46. The van der Waals surface area contributed by atoms with Gasteiger partial charge in [-0.15, -0.1) is 25.3 Å². The van der Waals surface area contributed by atoms with Crippen LogP contribution in [0.25, 0.3) is 0 Å². The van der Waals surface area contributed by atoms with E-state index in [0.29, 0.717) is 5.56 Å². The zero-order chi connectivity index (χ0) is 14.4. The molecule has 20 heavy (non-hydrogen) atoms. The summed E-state index contributed by atoms with van der Waals surface area (Å²) >= 11 is 8.28. The Balaban J connectivity index is 2.09. The average molecular weight is 299 g/mol. The maximum atomic E-state index is 10.6. The number of carbonyl (C=O) groups excluding carboxylic acids is 1. The number of hydrogen-bond donors (Lipinski definition) is 3. The van der Waals surface area contributed by atoms with Gasteiger partial charge in [0.25, 0.3) is 0 Å². The second kappa shape index (κ2) is 7.09. The fraction of sp³-hybridized carbons (Fsp3) is 0.0625. The lowest BCUT2D eigenvalue weighted by atomic mass is 10.1. The van der Waals surface area contributed by atoms with Crippen molar-refractivity contribution in [3.63, 3.8) is 0 Å². The van der Waals surface area contributed by atoms with Gasteiger partial charge >= 0.3 is 0 Å². The van der Waals surface area contributed by atoms with Gasteiger partial charge in [0.15, 0.2) is 0 Å². The third kappa shape index (κ3) is 4.37. The standard InChI is InChI=1S/C16H13NOS2/c18-11-14-5-3-12(4-6-14)1-2-13-7-9-15(10-8-13)17-16(19)20/h3-11,16-17,19-20H. The maximum Gasteiger partial charge on any atom is 0.150 e. The molecule has 0 radical (unpaired) electrons. The number of anilines is 1. The Morgan fingerprint density at radius 1 is 0.900 bits per heavy atom. The van der Waals surface area contributed by atoms with Crippen molar-refractivity contribution in [3.05, 3.63) is 65.2 Å². The van der Waals surface area contributed by atoms with Gasteiger partial charge in [-0.3, -0.25) is 4.79 Å². The minimum atomic E-state index is -0.191. The Hall–Kier alpha value is -1.83. The molecule has 0 aliphatic rings. The number of thiol groups is 2. The summed E-state index contributed by atoms with van der Waals surface area (Å²) in [6, 6.07) is 14.9. The quantitative estimate of drug-likeness (QED) is 0.351. The number of benzene rings is 2. The van der Waals surface area contributed by atoms with E-state index in [1.165, 1.54) is 0 Å². The van der Waals surface area contributed by atoms with Gasteiger partial charge < -0.3 is 5.32 Å². The van der Waals surface area contributed by atoms with Gasteiger partial charge in [-0.2, -0.15) is 0 Å². The van der Waals surface area contributed by atoms with Gasteiger partial charge in [0, 0.05) is 22.4 Å². The highest BCUT2D eigenvalue weighted by molar-refractivity contribution is 7.99. The normalized spacial score (nSPS) is 9.75. The van der Waals surface area contributed by atoms with E-state index < -0.39 is 0 Å². The van der Waals surface area contributed by atoms with Crippen molar-refractivity contribution < 1.29 is 4.79 Å². The van der Waals surface area contributed by atoms with Crippen LogP contribution in [-0.4, -0.2) is 11.0 Å². The second-order valence-corrected chi connectivity index (χ2v) is 5.53. The number of rotatable bonds is 3. The lowest BCUT2D eigenvalue weighted by Crippen LogP contribution is -2.03. The fourth-order valence-electron chi connectivity index (χ4n) is 1.59. The molecule has 0 saturated carbocycles. The molecule has 0 saturated heterocycles. The Labute approximate surface area is 129 Å². The lowest BCUT2D eigenvalue weighted by Gasteiger charge is -2.07. The summed E-state index contributed by atoms with van der Waals surface area (Å²) < 4.78 is -0.191. The predicted molar refractivity (Wildman–Crippen MR) is 89.6 cm³/mol. The largest absolute Gasteiger partial charge is 0.365 e. The molecule has 0 aromatic heterocycles. The van der Waals surface area contributed by atoms with E-state index in [0.717, 1.165) is 23.1 Å². The fourth-order valence-corrected chi connectivity index (χ4v) is 1.89. The molecule has 2 aromatic carbocycles. The molecule has 0 aliphatic carbocycles. The first-order chi connectivity index (χ1) is 9.67. The van der Waals surface area contributed by atoms with Crippen molar-refractivity contribution in [3.8, 4) is 11.8 Å². The highest BCUT2D eigenvalue weighted by atomic mass is 32.2. The van der Waals surface area contributed by atoms with E-state index in [1.54, 1.807) is 12.1 Å². The summed E-state index contributed by atoms with van der Waals surface area (Å²) in [6.45, 7) is 0. The van der Waals surface area contributed by atoms with Crippen LogP contribution in [0.3, 0.4) is 0 Å².